The Labute approximate surface area is 386 Å². The predicted molar refractivity (Wildman–Crippen MR) is 287 cm³/mol. The third-order valence-electron chi connectivity index (χ3n) is 11.8. The number of benzene rings is 4. The Hall–Kier alpha value is -5.27. The van der Waals surface area contributed by atoms with Gasteiger partial charge >= 0.3 is 0 Å². The molecule has 0 aromatic heterocycles. The van der Waals surface area contributed by atoms with Gasteiger partial charge in [0.15, 0.2) is 0 Å². The van der Waals surface area contributed by atoms with E-state index in [1.807, 2.05) is 31.9 Å². The molecular weight excluding hydrogens is 780 g/mol. The molecule has 4 aromatic rings. The Kier molecular flexibility index (Phi) is 20.8. The van der Waals surface area contributed by atoms with Crippen LogP contribution >= 0.6 is 9.24 Å². The molecule has 0 amide bonds. The van der Waals surface area contributed by atoms with Crippen molar-refractivity contribution in [3.8, 4) is 22.3 Å². The summed E-state index contributed by atoms with van der Waals surface area (Å²) in [7, 11) is 5.88. The molecular formula is C60H77N2P. The van der Waals surface area contributed by atoms with E-state index in [4.69, 9.17) is 0 Å². The lowest BCUT2D eigenvalue weighted by Gasteiger charge is -2.22. The zero-order valence-electron chi connectivity index (χ0n) is 40.8. The smallest absolute Gasteiger partial charge is 0.0376 e. The van der Waals surface area contributed by atoms with Crippen molar-refractivity contribution in [2.75, 3.05) is 20.8 Å². The normalized spacial score (nSPS) is 14.6. The SMILES string of the molecule is C=C(/C=C(\C=C/C)c1ccc2c(c1)-c1ccccc1C2(C)C)C1=C(NC)C=CC1.C=C/C=C\C=C(C)C.CC/C=C(\CCC)c1ccc2c(c1)C(C)(C)c1ccccc1-2.CN.CP. The zero-order valence-corrected chi connectivity index (χ0v) is 41.9. The maximum Gasteiger partial charge on any atom is 0.0376 e. The van der Waals surface area contributed by atoms with Crippen molar-refractivity contribution >= 4 is 20.4 Å². The van der Waals surface area contributed by atoms with Gasteiger partial charge in [-0.1, -0.05) is 195 Å². The summed E-state index contributed by atoms with van der Waals surface area (Å²) in [5.41, 5.74) is 26.0. The number of allylic oxidation sites excluding steroid dienone is 15. The maximum absolute atomic E-state index is 4.50. The summed E-state index contributed by atoms with van der Waals surface area (Å²) < 4.78 is 0. The second kappa shape index (κ2) is 25.1. The average Bonchev–Trinajstić information content (AvgIpc) is 3.94. The van der Waals surface area contributed by atoms with Gasteiger partial charge in [0.05, 0.1) is 0 Å². The second-order valence-electron chi connectivity index (χ2n) is 17.0. The van der Waals surface area contributed by atoms with Gasteiger partial charge in [0.1, 0.15) is 0 Å². The van der Waals surface area contributed by atoms with Crippen molar-refractivity contribution in [2.45, 2.75) is 98.8 Å². The van der Waals surface area contributed by atoms with E-state index >= 15 is 0 Å². The van der Waals surface area contributed by atoms with Crippen LogP contribution in [0.3, 0.4) is 0 Å². The quantitative estimate of drug-likeness (QED) is 0.116. The molecule has 1 unspecified atom stereocenters. The molecule has 0 bridgehead atoms. The Balaban J connectivity index is 0.000000274. The Morgan fingerprint density at radius 3 is 1.90 bits per heavy atom. The van der Waals surface area contributed by atoms with E-state index in [0.717, 1.165) is 24.1 Å². The molecule has 3 N–H and O–H groups in total. The van der Waals surface area contributed by atoms with Gasteiger partial charge in [-0.2, -0.15) is 0 Å². The van der Waals surface area contributed by atoms with E-state index in [9.17, 15) is 0 Å². The van der Waals surface area contributed by atoms with E-state index in [-0.39, 0.29) is 10.8 Å². The molecule has 1 atom stereocenters. The van der Waals surface area contributed by atoms with Gasteiger partial charge in [0.2, 0.25) is 0 Å². The van der Waals surface area contributed by atoms with Crippen LogP contribution in [0.4, 0.5) is 0 Å². The van der Waals surface area contributed by atoms with Gasteiger partial charge < -0.3 is 11.1 Å². The summed E-state index contributed by atoms with van der Waals surface area (Å²) in [5.74, 6) is 0. The molecule has 332 valence electrons. The first-order valence-electron chi connectivity index (χ1n) is 22.7. The minimum absolute atomic E-state index is 0.0422. The van der Waals surface area contributed by atoms with Gasteiger partial charge in [-0.25, -0.2) is 0 Å². The van der Waals surface area contributed by atoms with Crippen LogP contribution in [0.25, 0.3) is 33.4 Å². The van der Waals surface area contributed by atoms with Crippen LogP contribution < -0.4 is 11.1 Å². The van der Waals surface area contributed by atoms with Crippen LogP contribution in [-0.4, -0.2) is 20.8 Å². The third-order valence-corrected chi connectivity index (χ3v) is 11.8. The molecule has 0 saturated carbocycles. The van der Waals surface area contributed by atoms with E-state index in [0.29, 0.717) is 0 Å². The molecule has 0 radical (unpaired) electrons. The fourth-order valence-corrected chi connectivity index (χ4v) is 8.74. The number of nitrogens with two attached hydrogens (primary N) is 1. The number of fused-ring (bicyclic) bond motifs is 6. The van der Waals surface area contributed by atoms with Crippen LogP contribution in [-0.2, 0) is 10.8 Å². The third kappa shape index (κ3) is 12.5. The summed E-state index contributed by atoms with van der Waals surface area (Å²) >= 11 is 0. The van der Waals surface area contributed by atoms with E-state index in [1.165, 1.54) is 97.8 Å². The number of hydrogen-bond donors (Lipinski definition) is 2. The van der Waals surface area contributed by atoms with Crippen molar-refractivity contribution in [3.05, 3.63) is 215 Å². The highest BCUT2D eigenvalue weighted by Crippen LogP contribution is 2.50. The first-order valence-corrected chi connectivity index (χ1v) is 23.9. The number of likely N-dealkylation sites (N-methyl/N-ethyl adjacent to an activating group) is 1. The first-order chi connectivity index (χ1) is 30.3. The van der Waals surface area contributed by atoms with E-state index < -0.39 is 0 Å². The van der Waals surface area contributed by atoms with E-state index in [1.54, 1.807) is 6.08 Å². The molecule has 63 heavy (non-hydrogen) atoms. The monoisotopic (exact) mass is 857 g/mol. The molecule has 0 spiro atoms. The molecule has 2 nitrogen and oxygen atoms in total. The van der Waals surface area contributed by atoms with Crippen molar-refractivity contribution in [3.63, 3.8) is 0 Å². The lowest BCUT2D eigenvalue weighted by molar-refractivity contribution is 0.660. The highest BCUT2D eigenvalue weighted by atomic mass is 31.0. The minimum Gasteiger partial charge on any atom is -0.388 e. The molecule has 0 heterocycles. The van der Waals surface area contributed by atoms with Crippen molar-refractivity contribution in [2.24, 2.45) is 5.73 Å². The molecule has 4 aromatic carbocycles. The molecule has 3 aliphatic carbocycles. The number of rotatable bonds is 11. The lowest BCUT2D eigenvalue weighted by Crippen LogP contribution is -2.15. The van der Waals surface area contributed by atoms with E-state index in [2.05, 4.69) is 217 Å². The zero-order chi connectivity index (χ0) is 46.7. The van der Waals surface area contributed by atoms with Crippen molar-refractivity contribution in [1.82, 2.24) is 5.32 Å². The summed E-state index contributed by atoms with van der Waals surface area (Å²) in [6, 6.07) is 31.6. The summed E-state index contributed by atoms with van der Waals surface area (Å²) in [6.07, 6.45) is 25.3. The van der Waals surface area contributed by atoms with Gasteiger partial charge in [-0.15, -0.1) is 9.24 Å². The van der Waals surface area contributed by atoms with Crippen LogP contribution in [0.2, 0.25) is 0 Å². The predicted octanol–water partition coefficient (Wildman–Crippen LogP) is 16.3. The Morgan fingerprint density at radius 1 is 0.762 bits per heavy atom. The average molecular weight is 857 g/mol. The minimum atomic E-state index is 0.0422. The van der Waals surface area contributed by atoms with Gasteiger partial charge in [-0.3, -0.25) is 0 Å². The topological polar surface area (TPSA) is 38.0 Å². The summed E-state index contributed by atoms with van der Waals surface area (Å²) in [5, 5.41) is 3.28. The Morgan fingerprint density at radius 2 is 1.33 bits per heavy atom. The van der Waals surface area contributed by atoms with Crippen LogP contribution in [0.15, 0.2) is 181 Å². The van der Waals surface area contributed by atoms with Crippen molar-refractivity contribution in [1.29, 1.82) is 0 Å². The summed E-state index contributed by atoms with van der Waals surface area (Å²) in [6.45, 7) is 29.8. The highest BCUT2D eigenvalue weighted by Gasteiger charge is 2.36. The fourth-order valence-electron chi connectivity index (χ4n) is 8.74. The van der Waals surface area contributed by atoms with Gasteiger partial charge in [0, 0.05) is 23.6 Å². The van der Waals surface area contributed by atoms with Crippen molar-refractivity contribution < 1.29 is 0 Å². The summed E-state index contributed by atoms with van der Waals surface area (Å²) in [4.78, 5) is 0. The molecule has 0 fully saturated rings. The molecule has 3 heteroatoms. The molecule has 7 rings (SSSR count). The van der Waals surface area contributed by atoms with Gasteiger partial charge in [-0.05, 0) is 149 Å². The van der Waals surface area contributed by atoms with Crippen LogP contribution in [0, 0.1) is 0 Å². The number of nitrogens with one attached hydrogen (secondary N) is 1. The fraction of sp³-hybridized carbons (Fsp3) is 0.300. The second-order valence-corrected chi connectivity index (χ2v) is 17.0. The number of hydrogen-bond acceptors (Lipinski definition) is 2. The van der Waals surface area contributed by atoms with Crippen LogP contribution in [0.5, 0.6) is 0 Å². The molecule has 0 saturated heterocycles. The molecule has 0 aliphatic heterocycles. The first kappa shape index (κ1) is 52.1. The largest absolute Gasteiger partial charge is 0.388 e. The molecule has 3 aliphatic rings. The van der Waals surface area contributed by atoms with Crippen LogP contribution in [0.1, 0.15) is 121 Å². The van der Waals surface area contributed by atoms with Gasteiger partial charge in [0.25, 0.3) is 0 Å². The maximum atomic E-state index is 4.50. The Bertz CT molecular complexity index is 2400. The highest BCUT2D eigenvalue weighted by molar-refractivity contribution is 7.15. The standard InChI is InChI=1S/C28H29N.C22H26.C8H12.CH5N.CH5P/c1-6-10-20(17-19(2)22-12-9-14-27(22)29-5)21-15-16-26-24(18-21)23-11-7-8-13-25(23)28(26,3)4;1-5-9-16(10-6-2)17-13-14-19-18-11-7-8-12-20(18)22(3,4)21(19)15-17;1-4-5-6-7-8(2)3;2*1-2/h6-11,13-18,29H,2,12H2,1,3-5H3;7-9,11-15H,5-6,10H2,1-4H3;4-7H,1H2,2-3H3;2*2H2,1H3/b10-6-,20-17+;16-9+;6-5-;;. The lowest BCUT2D eigenvalue weighted by atomic mass is 9.81.